The van der Waals surface area contributed by atoms with Crippen molar-refractivity contribution in [3.8, 4) is 23.0 Å². The highest BCUT2D eigenvalue weighted by Gasteiger charge is 2.12. The summed E-state index contributed by atoms with van der Waals surface area (Å²) in [4.78, 5) is 23.3. The van der Waals surface area contributed by atoms with Crippen LogP contribution in [0, 0.1) is 0 Å². The fraction of sp³-hybridized carbons (Fsp3) is 0.158. The van der Waals surface area contributed by atoms with Gasteiger partial charge < -0.3 is 28.5 Å². The Labute approximate surface area is 148 Å². The molecule has 0 aliphatic heterocycles. The van der Waals surface area contributed by atoms with E-state index < -0.39 is 12.1 Å². The summed E-state index contributed by atoms with van der Waals surface area (Å²) in [6, 6.07) is 11.2. The van der Waals surface area contributed by atoms with Crippen LogP contribution in [0.1, 0.15) is 6.92 Å². The zero-order chi connectivity index (χ0) is 18.7. The number of ether oxygens (including phenoxy) is 3. The summed E-state index contributed by atoms with van der Waals surface area (Å²) in [6.45, 7) is 1.35. The van der Waals surface area contributed by atoms with Gasteiger partial charge in [-0.25, -0.2) is 0 Å². The molecule has 0 spiro atoms. The van der Waals surface area contributed by atoms with Crippen LogP contribution in [0.15, 0.2) is 57.9 Å². The predicted octanol–water partition coefficient (Wildman–Crippen LogP) is 2.11. The van der Waals surface area contributed by atoms with Gasteiger partial charge in [-0.3, -0.25) is 4.79 Å². The van der Waals surface area contributed by atoms with Crippen LogP contribution in [-0.2, 0) is 4.79 Å². The van der Waals surface area contributed by atoms with E-state index in [-0.39, 0.29) is 27.9 Å². The third kappa shape index (κ3) is 3.61. The molecule has 0 bridgehead atoms. The average Bonchev–Trinajstić information content (AvgIpc) is 2.64. The molecule has 0 fully saturated rings. The number of carboxylic acid groups (broad SMARTS) is 1. The van der Waals surface area contributed by atoms with Crippen LogP contribution in [0.25, 0.3) is 11.0 Å². The first-order valence-electron chi connectivity index (χ1n) is 7.73. The number of carboxylic acids is 1. The van der Waals surface area contributed by atoms with Gasteiger partial charge in [0.2, 0.25) is 11.2 Å². The van der Waals surface area contributed by atoms with E-state index in [0.29, 0.717) is 11.5 Å². The van der Waals surface area contributed by atoms with Crippen molar-refractivity contribution >= 4 is 16.9 Å². The topological polar surface area (TPSA) is 98.0 Å². The lowest BCUT2D eigenvalue weighted by molar-refractivity contribution is -0.312. The van der Waals surface area contributed by atoms with E-state index in [1.807, 2.05) is 0 Å². The van der Waals surface area contributed by atoms with Gasteiger partial charge in [-0.1, -0.05) is 0 Å². The lowest BCUT2D eigenvalue weighted by Crippen LogP contribution is -2.37. The number of hydrogen-bond donors (Lipinski definition) is 0. The largest absolute Gasteiger partial charge is 0.546 e. The molecule has 1 atom stereocenters. The highest BCUT2D eigenvalue weighted by molar-refractivity contribution is 5.79. The van der Waals surface area contributed by atoms with Crippen molar-refractivity contribution in [1.29, 1.82) is 0 Å². The van der Waals surface area contributed by atoms with Gasteiger partial charge in [0, 0.05) is 6.07 Å². The minimum atomic E-state index is -1.34. The molecule has 2 aromatic carbocycles. The summed E-state index contributed by atoms with van der Waals surface area (Å²) in [6.07, 6.45) is 0.0674. The van der Waals surface area contributed by atoms with Crippen LogP contribution in [0.3, 0.4) is 0 Å². The zero-order valence-corrected chi connectivity index (χ0v) is 14.1. The Morgan fingerprint density at radius 3 is 2.38 bits per heavy atom. The smallest absolute Gasteiger partial charge is 0.235 e. The first-order chi connectivity index (χ1) is 12.5. The number of carbonyl (C=O) groups excluding carboxylic acids is 1. The molecule has 0 saturated carbocycles. The number of aliphatic carboxylic acids is 1. The molecule has 1 heterocycles. The molecule has 0 N–H and O–H groups in total. The molecule has 1 aromatic heterocycles. The Balaban J connectivity index is 1.88. The molecular formula is C19H15O7-. The van der Waals surface area contributed by atoms with E-state index >= 15 is 0 Å². The number of carbonyl (C=O) groups is 1. The predicted molar refractivity (Wildman–Crippen MR) is 90.6 cm³/mol. The summed E-state index contributed by atoms with van der Waals surface area (Å²) < 4.78 is 21.3. The van der Waals surface area contributed by atoms with Crippen LogP contribution >= 0.6 is 0 Å². The Bertz CT molecular complexity index is 989. The lowest BCUT2D eigenvalue weighted by atomic mass is 10.2. The maximum Gasteiger partial charge on any atom is 0.235 e. The lowest BCUT2D eigenvalue weighted by Gasteiger charge is -2.15. The number of rotatable bonds is 6. The number of benzene rings is 2. The summed E-state index contributed by atoms with van der Waals surface area (Å²) in [5, 5.41) is 11.0. The molecule has 0 aliphatic carbocycles. The van der Waals surface area contributed by atoms with Gasteiger partial charge in [0.05, 0.1) is 18.5 Å². The van der Waals surface area contributed by atoms with Crippen molar-refractivity contribution in [2.24, 2.45) is 0 Å². The second-order valence-corrected chi connectivity index (χ2v) is 5.44. The second-order valence-electron chi connectivity index (χ2n) is 5.44. The normalized spacial score (nSPS) is 11.8. The number of methoxy groups -OCH3 is 1. The van der Waals surface area contributed by atoms with E-state index in [0.717, 1.165) is 0 Å². The van der Waals surface area contributed by atoms with Gasteiger partial charge in [0.15, 0.2) is 0 Å². The first kappa shape index (κ1) is 17.3. The minimum Gasteiger partial charge on any atom is -0.546 e. The molecule has 7 nitrogen and oxygen atoms in total. The molecular weight excluding hydrogens is 340 g/mol. The van der Waals surface area contributed by atoms with Crippen LogP contribution < -0.4 is 24.7 Å². The molecule has 1 unspecified atom stereocenters. The Morgan fingerprint density at radius 1 is 1.08 bits per heavy atom. The Hall–Kier alpha value is -3.48. The second kappa shape index (κ2) is 7.18. The Kier molecular flexibility index (Phi) is 4.79. The third-order valence-corrected chi connectivity index (χ3v) is 3.65. The van der Waals surface area contributed by atoms with Gasteiger partial charge in [0.1, 0.15) is 35.2 Å². The van der Waals surface area contributed by atoms with Crippen LogP contribution in [0.4, 0.5) is 0 Å². The highest BCUT2D eigenvalue weighted by atomic mass is 16.5. The standard InChI is InChI=1S/C19H16O7/c1-11(19(21)22)25-14-7-8-15-16(9-14)24-10-17(18(15)20)26-13-5-3-12(23-2)4-6-13/h3-11H,1-2H3,(H,21,22)/p-1. The van der Waals surface area contributed by atoms with Crippen molar-refractivity contribution in [1.82, 2.24) is 0 Å². The van der Waals surface area contributed by atoms with E-state index in [2.05, 4.69) is 0 Å². The summed E-state index contributed by atoms with van der Waals surface area (Å²) in [5.74, 6) is 0.0665. The van der Waals surface area contributed by atoms with Gasteiger partial charge in [-0.2, -0.15) is 0 Å². The highest BCUT2D eigenvalue weighted by Crippen LogP contribution is 2.25. The maximum atomic E-state index is 12.5. The fourth-order valence-corrected chi connectivity index (χ4v) is 2.26. The number of fused-ring (bicyclic) bond motifs is 1. The summed E-state index contributed by atoms with van der Waals surface area (Å²) in [5.41, 5.74) is -0.110. The summed E-state index contributed by atoms with van der Waals surface area (Å²) in [7, 11) is 1.56. The monoisotopic (exact) mass is 355 g/mol. The molecule has 3 aromatic rings. The molecule has 0 saturated heterocycles. The van der Waals surface area contributed by atoms with E-state index in [4.69, 9.17) is 18.6 Å². The first-order valence-corrected chi connectivity index (χ1v) is 7.73. The average molecular weight is 355 g/mol. The molecule has 26 heavy (non-hydrogen) atoms. The van der Waals surface area contributed by atoms with Gasteiger partial charge >= 0.3 is 0 Å². The fourth-order valence-electron chi connectivity index (χ4n) is 2.26. The molecule has 3 rings (SSSR count). The quantitative estimate of drug-likeness (QED) is 0.668. The van der Waals surface area contributed by atoms with Crippen LogP contribution in [0.2, 0.25) is 0 Å². The number of hydrogen-bond acceptors (Lipinski definition) is 7. The molecule has 134 valence electrons. The summed E-state index contributed by atoms with van der Waals surface area (Å²) >= 11 is 0. The van der Waals surface area contributed by atoms with E-state index in [9.17, 15) is 14.7 Å². The minimum absolute atomic E-state index is 0.0273. The van der Waals surface area contributed by atoms with Crippen molar-refractivity contribution in [2.45, 2.75) is 13.0 Å². The molecule has 7 heteroatoms. The van der Waals surface area contributed by atoms with Crippen LogP contribution in [0.5, 0.6) is 23.0 Å². The van der Waals surface area contributed by atoms with Crippen molar-refractivity contribution in [3.63, 3.8) is 0 Å². The van der Waals surface area contributed by atoms with Gasteiger partial charge in [0.25, 0.3) is 0 Å². The Morgan fingerprint density at radius 2 is 1.73 bits per heavy atom. The zero-order valence-electron chi connectivity index (χ0n) is 14.1. The third-order valence-electron chi connectivity index (χ3n) is 3.65. The SMILES string of the molecule is COc1ccc(Oc2coc3cc(OC(C)C(=O)[O-])ccc3c2=O)cc1. The van der Waals surface area contributed by atoms with Crippen LogP contribution in [-0.4, -0.2) is 19.2 Å². The van der Waals surface area contributed by atoms with E-state index in [1.54, 1.807) is 31.4 Å². The van der Waals surface area contributed by atoms with Gasteiger partial charge in [-0.15, -0.1) is 0 Å². The van der Waals surface area contributed by atoms with Crippen molar-refractivity contribution < 1.29 is 28.5 Å². The molecule has 0 amide bonds. The molecule has 0 radical (unpaired) electrons. The molecule has 0 aliphatic rings. The van der Waals surface area contributed by atoms with Crippen molar-refractivity contribution in [3.05, 3.63) is 59.0 Å². The van der Waals surface area contributed by atoms with Gasteiger partial charge in [-0.05, 0) is 43.3 Å². The van der Waals surface area contributed by atoms with E-state index in [1.165, 1.54) is 31.4 Å². The maximum absolute atomic E-state index is 12.5. The van der Waals surface area contributed by atoms with Crippen molar-refractivity contribution in [2.75, 3.05) is 7.11 Å².